The van der Waals surface area contributed by atoms with E-state index < -0.39 is 5.25 Å². The fourth-order valence-corrected chi connectivity index (χ4v) is 4.77. The van der Waals surface area contributed by atoms with Gasteiger partial charge < -0.3 is 4.74 Å². The number of carbonyl (C=O) groups excluding carboxylic acids is 2. The van der Waals surface area contributed by atoms with Gasteiger partial charge in [-0.05, 0) is 30.2 Å². The third-order valence-electron chi connectivity index (χ3n) is 5.60. The van der Waals surface area contributed by atoms with E-state index in [1.54, 1.807) is 0 Å². The lowest BCUT2D eigenvalue weighted by Gasteiger charge is -2.12. The number of nitrogens with one attached hydrogen (secondary N) is 1. The summed E-state index contributed by atoms with van der Waals surface area (Å²) < 4.78 is 7.30. The summed E-state index contributed by atoms with van der Waals surface area (Å²) in [5.74, 6) is 0.402. The molecule has 3 aromatic carbocycles. The van der Waals surface area contributed by atoms with Gasteiger partial charge in [0, 0.05) is 10.9 Å². The standard InChI is InChI=1S/C26H21N3O4S/c30-24-22(34-26(32)27-24)16-17-10-12-19(13-11-17)33-15-14-29-25(31)21-9-5-4-8-20(21)23(28-29)18-6-2-1-3-7-18/h1-13,22H,14-16H2,(H,27,30,32). The van der Waals surface area contributed by atoms with Crippen LogP contribution in [0.1, 0.15) is 5.56 Å². The van der Waals surface area contributed by atoms with Crippen molar-refractivity contribution in [3.63, 3.8) is 0 Å². The van der Waals surface area contributed by atoms with Crippen LogP contribution < -0.4 is 15.6 Å². The molecule has 7 nitrogen and oxygen atoms in total. The molecule has 0 spiro atoms. The van der Waals surface area contributed by atoms with E-state index in [0.29, 0.717) is 24.1 Å². The molecule has 1 N–H and O–H groups in total. The number of thioether (sulfide) groups is 1. The van der Waals surface area contributed by atoms with Crippen molar-refractivity contribution in [2.45, 2.75) is 18.2 Å². The Morgan fingerprint density at radius 1 is 0.882 bits per heavy atom. The Labute approximate surface area is 199 Å². The maximum Gasteiger partial charge on any atom is 0.286 e. The highest BCUT2D eigenvalue weighted by molar-refractivity contribution is 8.15. The molecule has 1 unspecified atom stereocenters. The minimum absolute atomic E-state index is 0.156. The summed E-state index contributed by atoms with van der Waals surface area (Å²) >= 11 is 1.02. The van der Waals surface area contributed by atoms with Crippen molar-refractivity contribution in [3.8, 4) is 17.0 Å². The van der Waals surface area contributed by atoms with Crippen molar-refractivity contribution in [1.82, 2.24) is 15.1 Å². The fraction of sp³-hybridized carbons (Fsp3) is 0.154. The fourth-order valence-electron chi connectivity index (χ4n) is 3.91. The number of hydrogen-bond acceptors (Lipinski definition) is 6. The molecular weight excluding hydrogens is 450 g/mol. The van der Waals surface area contributed by atoms with Gasteiger partial charge in [0.15, 0.2) is 0 Å². The number of aromatic nitrogens is 2. The zero-order valence-corrected chi connectivity index (χ0v) is 19.0. The van der Waals surface area contributed by atoms with Crippen LogP contribution in [-0.4, -0.2) is 32.8 Å². The Kier molecular flexibility index (Phi) is 6.14. The van der Waals surface area contributed by atoms with Gasteiger partial charge in [-0.25, -0.2) is 4.68 Å². The number of nitrogens with zero attached hydrogens (tertiary/aromatic N) is 2. The monoisotopic (exact) mass is 471 g/mol. The van der Waals surface area contributed by atoms with Gasteiger partial charge in [0.1, 0.15) is 12.4 Å². The Bertz CT molecular complexity index is 1420. The van der Waals surface area contributed by atoms with Crippen molar-refractivity contribution < 1.29 is 14.3 Å². The number of benzene rings is 3. The van der Waals surface area contributed by atoms with Gasteiger partial charge in [-0.1, -0.05) is 72.4 Å². The molecule has 4 aromatic rings. The maximum absolute atomic E-state index is 13.0. The minimum Gasteiger partial charge on any atom is -0.492 e. The summed E-state index contributed by atoms with van der Waals surface area (Å²) in [6.45, 7) is 0.570. The van der Waals surface area contributed by atoms with Crippen molar-refractivity contribution in [2.24, 2.45) is 0 Å². The van der Waals surface area contributed by atoms with E-state index in [0.717, 1.165) is 34.0 Å². The number of hydrogen-bond donors (Lipinski definition) is 1. The van der Waals surface area contributed by atoms with Gasteiger partial charge in [-0.2, -0.15) is 5.10 Å². The number of carbonyl (C=O) groups is 2. The predicted octanol–water partition coefficient (Wildman–Crippen LogP) is 4.04. The average molecular weight is 472 g/mol. The molecule has 2 heterocycles. The smallest absolute Gasteiger partial charge is 0.286 e. The van der Waals surface area contributed by atoms with Crippen LogP contribution in [-0.2, 0) is 17.8 Å². The molecular formula is C26H21N3O4S. The molecule has 0 bridgehead atoms. The van der Waals surface area contributed by atoms with E-state index in [2.05, 4.69) is 10.4 Å². The third kappa shape index (κ3) is 4.58. The molecule has 170 valence electrons. The van der Waals surface area contributed by atoms with Crippen molar-refractivity contribution in [2.75, 3.05) is 6.61 Å². The van der Waals surface area contributed by atoms with Crippen LogP contribution in [0.2, 0.25) is 0 Å². The first-order chi connectivity index (χ1) is 16.6. The second kappa shape index (κ2) is 9.52. The molecule has 0 radical (unpaired) electrons. The predicted molar refractivity (Wildman–Crippen MR) is 132 cm³/mol. The number of imide groups is 1. The first-order valence-electron chi connectivity index (χ1n) is 10.9. The molecule has 1 fully saturated rings. The number of amides is 2. The third-order valence-corrected chi connectivity index (χ3v) is 6.58. The van der Waals surface area contributed by atoms with Gasteiger partial charge in [-0.15, -0.1) is 0 Å². The van der Waals surface area contributed by atoms with Crippen LogP contribution >= 0.6 is 11.8 Å². The summed E-state index contributed by atoms with van der Waals surface area (Å²) in [7, 11) is 0. The number of ether oxygens (including phenoxy) is 1. The van der Waals surface area contributed by atoms with Gasteiger partial charge in [0.05, 0.1) is 22.9 Å². The first kappa shape index (κ1) is 21.9. The summed E-state index contributed by atoms with van der Waals surface area (Å²) in [4.78, 5) is 36.1. The lowest BCUT2D eigenvalue weighted by atomic mass is 10.1. The molecule has 0 aliphatic carbocycles. The Hall–Kier alpha value is -3.91. The van der Waals surface area contributed by atoms with Gasteiger partial charge in [-0.3, -0.25) is 19.7 Å². The molecule has 1 atom stereocenters. The molecule has 1 aliphatic rings. The van der Waals surface area contributed by atoms with E-state index >= 15 is 0 Å². The second-order valence-electron chi connectivity index (χ2n) is 7.87. The molecule has 2 amide bonds. The summed E-state index contributed by atoms with van der Waals surface area (Å²) in [6, 6.07) is 24.7. The highest BCUT2D eigenvalue weighted by Gasteiger charge is 2.31. The summed E-state index contributed by atoms with van der Waals surface area (Å²) in [5.41, 5.74) is 2.48. The van der Waals surface area contributed by atoms with Crippen LogP contribution in [0.5, 0.6) is 5.75 Å². The Balaban J connectivity index is 1.29. The average Bonchev–Trinajstić information content (AvgIpc) is 3.18. The van der Waals surface area contributed by atoms with Crippen LogP contribution in [0.25, 0.3) is 22.0 Å². The minimum atomic E-state index is -0.399. The lowest BCUT2D eigenvalue weighted by Crippen LogP contribution is -2.26. The summed E-state index contributed by atoms with van der Waals surface area (Å²) in [5, 5.41) is 7.68. The Morgan fingerprint density at radius 3 is 2.29 bits per heavy atom. The summed E-state index contributed by atoms with van der Waals surface area (Å²) in [6.07, 6.45) is 0.473. The lowest BCUT2D eigenvalue weighted by molar-refractivity contribution is -0.118. The van der Waals surface area contributed by atoms with Gasteiger partial charge in [0.2, 0.25) is 5.91 Å². The first-order valence-corrected chi connectivity index (χ1v) is 11.7. The van der Waals surface area contributed by atoms with E-state index in [1.807, 2.05) is 78.9 Å². The zero-order chi connectivity index (χ0) is 23.5. The quantitative estimate of drug-likeness (QED) is 0.438. The van der Waals surface area contributed by atoms with Gasteiger partial charge >= 0.3 is 0 Å². The van der Waals surface area contributed by atoms with E-state index in [-0.39, 0.29) is 23.3 Å². The highest BCUT2D eigenvalue weighted by atomic mass is 32.2. The number of fused-ring (bicyclic) bond motifs is 1. The second-order valence-corrected chi connectivity index (χ2v) is 9.04. The molecule has 1 saturated heterocycles. The molecule has 1 aliphatic heterocycles. The van der Waals surface area contributed by atoms with Crippen molar-refractivity contribution >= 4 is 33.7 Å². The SMILES string of the molecule is O=C1NC(=O)C(Cc2ccc(OCCn3nc(-c4ccccc4)c4ccccc4c3=O)cc2)S1. The maximum atomic E-state index is 13.0. The molecule has 34 heavy (non-hydrogen) atoms. The molecule has 5 rings (SSSR count). The topological polar surface area (TPSA) is 90.3 Å². The largest absolute Gasteiger partial charge is 0.492 e. The van der Waals surface area contributed by atoms with Crippen molar-refractivity contribution in [3.05, 3.63) is 94.8 Å². The number of rotatable bonds is 7. The van der Waals surface area contributed by atoms with Crippen LogP contribution in [0.4, 0.5) is 4.79 Å². The van der Waals surface area contributed by atoms with Crippen molar-refractivity contribution in [1.29, 1.82) is 0 Å². The van der Waals surface area contributed by atoms with E-state index in [1.165, 1.54) is 4.68 Å². The Morgan fingerprint density at radius 2 is 1.59 bits per heavy atom. The molecule has 8 heteroatoms. The van der Waals surface area contributed by atoms with Gasteiger partial charge in [0.25, 0.3) is 10.8 Å². The van der Waals surface area contributed by atoms with Crippen LogP contribution in [0, 0.1) is 0 Å². The molecule has 1 aromatic heterocycles. The van der Waals surface area contributed by atoms with Crippen LogP contribution in [0.3, 0.4) is 0 Å². The zero-order valence-electron chi connectivity index (χ0n) is 18.1. The molecule has 0 saturated carbocycles. The normalized spacial score (nSPS) is 15.5. The highest BCUT2D eigenvalue weighted by Crippen LogP contribution is 2.25. The van der Waals surface area contributed by atoms with Crippen LogP contribution in [0.15, 0.2) is 83.7 Å². The van der Waals surface area contributed by atoms with E-state index in [9.17, 15) is 14.4 Å². The van der Waals surface area contributed by atoms with E-state index in [4.69, 9.17) is 4.74 Å².